The molecular weight excluding hydrogens is 216 g/mol. The van der Waals surface area contributed by atoms with Gasteiger partial charge >= 0.3 is 8.80 Å². The Kier molecular flexibility index (Phi) is 8.21. The van der Waals surface area contributed by atoms with Crippen molar-refractivity contribution in [1.29, 1.82) is 0 Å². The van der Waals surface area contributed by atoms with Gasteiger partial charge in [-0.3, -0.25) is 0 Å². The lowest BCUT2D eigenvalue weighted by molar-refractivity contribution is 0.0553. The maximum Gasteiger partial charge on any atom is 0.500 e. The highest BCUT2D eigenvalue weighted by Gasteiger charge is 2.36. The van der Waals surface area contributed by atoms with Crippen molar-refractivity contribution in [3.05, 3.63) is 6.92 Å². The van der Waals surface area contributed by atoms with Crippen molar-refractivity contribution in [2.75, 3.05) is 34.5 Å². The van der Waals surface area contributed by atoms with Crippen LogP contribution in [0, 0.1) is 6.92 Å². The van der Waals surface area contributed by atoms with Gasteiger partial charge in [0.25, 0.3) is 0 Å². The van der Waals surface area contributed by atoms with E-state index in [0.29, 0.717) is 12.7 Å². The van der Waals surface area contributed by atoms with E-state index < -0.39 is 14.9 Å². The van der Waals surface area contributed by atoms with E-state index in [1.54, 1.807) is 21.3 Å². The van der Waals surface area contributed by atoms with E-state index >= 15 is 0 Å². The number of hydrogen-bond donors (Lipinski definition) is 1. The molecule has 0 amide bonds. The Balaban J connectivity index is 3.63. The van der Waals surface area contributed by atoms with Crippen molar-refractivity contribution >= 4 is 8.80 Å². The summed E-state index contributed by atoms with van der Waals surface area (Å²) in [5.74, 6) is 0. The highest BCUT2D eigenvalue weighted by molar-refractivity contribution is 6.60. The first-order valence-corrected chi connectivity index (χ1v) is 6.77. The van der Waals surface area contributed by atoms with E-state index in [1.807, 2.05) is 0 Å². The summed E-state index contributed by atoms with van der Waals surface area (Å²) in [6.45, 7) is 4.19. The number of rotatable bonds is 9. The molecule has 0 aromatic carbocycles. The van der Waals surface area contributed by atoms with Gasteiger partial charge in [0, 0.05) is 34.0 Å². The molecule has 0 rings (SSSR count). The first-order chi connectivity index (χ1) is 7.10. The van der Waals surface area contributed by atoms with Crippen LogP contribution in [-0.4, -0.2) is 54.6 Å². The Hall–Kier alpha value is 0.0169. The molecule has 0 bridgehead atoms. The zero-order chi connectivity index (χ0) is 11.7. The topological polar surface area (TPSA) is 57.2 Å². The summed E-state index contributed by atoms with van der Waals surface area (Å²) < 4.78 is 20.9. The Morgan fingerprint density at radius 1 is 1.20 bits per heavy atom. The fourth-order valence-electron chi connectivity index (χ4n) is 1.17. The highest BCUT2D eigenvalue weighted by Crippen LogP contribution is 2.14. The quantitative estimate of drug-likeness (QED) is 0.466. The van der Waals surface area contributed by atoms with Gasteiger partial charge in [-0.05, 0) is 13.3 Å². The molecule has 1 radical (unpaired) electrons. The molecule has 0 fully saturated rings. The molecule has 0 aromatic rings. The van der Waals surface area contributed by atoms with Crippen molar-refractivity contribution in [2.45, 2.75) is 18.6 Å². The molecule has 0 spiro atoms. The second-order valence-electron chi connectivity index (χ2n) is 3.13. The third kappa shape index (κ3) is 6.24. The van der Waals surface area contributed by atoms with Gasteiger partial charge in [-0.2, -0.15) is 0 Å². The average molecular weight is 237 g/mol. The first kappa shape index (κ1) is 15.0. The summed E-state index contributed by atoms with van der Waals surface area (Å²) in [7, 11) is 2.30. The van der Waals surface area contributed by atoms with Gasteiger partial charge < -0.3 is 23.1 Å². The van der Waals surface area contributed by atoms with Crippen molar-refractivity contribution in [3.63, 3.8) is 0 Å². The van der Waals surface area contributed by atoms with Crippen LogP contribution in [0.2, 0.25) is 6.04 Å². The van der Waals surface area contributed by atoms with Crippen LogP contribution in [0.25, 0.3) is 0 Å². The zero-order valence-electron chi connectivity index (χ0n) is 9.69. The van der Waals surface area contributed by atoms with Crippen molar-refractivity contribution in [2.24, 2.45) is 0 Å². The third-order valence-corrected chi connectivity index (χ3v) is 4.85. The van der Waals surface area contributed by atoms with Crippen LogP contribution in [0.1, 0.15) is 6.42 Å². The van der Waals surface area contributed by atoms with Gasteiger partial charge in [0.2, 0.25) is 0 Å². The maximum absolute atomic E-state index is 8.85. The van der Waals surface area contributed by atoms with Crippen LogP contribution in [0.3, 0.4) is 0 Å². The number of aliphatic hydroxyl groups excluding tert-OH is 1. The van der Waals surface area contributed by atoms with E-state index in [9.17, 15) is 0 Å². The molecule has 91 valence electrons. The van der Waals surface area contributed by atoms with E-state index in [4.69, 9.17) is 23.1 Å². The molecule has 0 saturated carbocycles. The van der Waals surface area contributed by atoms with Gasteiger partial charge in [-0.15, -0.1) is 0 Å². The zero-order valence-corrected chi connectivity index (χ0v) is 10.7. The number of ether oxygens (including phenoxy) is 1. The molecule has 0 aliphatic carbocycles. The second-order valence-corrected chi connectivity index (χ2v) is 6.22. The summed E-state index contributed by atoms with van der Waals surface area (Å²) in [6, 6.07) is 0.698. The molecule has 0 aliphatic rings. The summed E-state index contributed by atoms with van der Waals surface area (Å²) in [5, 5.41) is 8.85. The second kappa shape index (κ2) is 8.20. The molecule has 0 aliphatic heterocycles. The van der Waals surface area contributed by atoms with Crippen LogP contribution < -0.4 is 0 Å². The van der Waals surface area contributed by atoms with Crippen molar-refractivity contribution in [3.8, 4) is 0 Å². The van der Waals surface area contributed by atoms with E-state index in [1.165, 1.54) is 0 Å². The minimum Gasteiger partial charge on any atom is -0.391 e. The fourth-order valence-corrected chi connectivity index (χ4v) is 2.86. The molecule has 15 heavy (non-hydrogen) atoms. The average Bonchev–Trinajstić information content (AvgIpc) is 2.24. The van der Waals surface area contributed by atoms with Gasteiger partial charge in [-0.1, -0.05) is 0 Å². The SMILES string of the molecule is [CH2]C(O)COCCC[Si](OC)(OC)OC. The Bertz CT molecular complexity index is 141. The standard InChI is InChI=1S/C9H21O5Si/c1-9(10)8-14-6-5-7-15(11-2,12-3)13-4/h9-10H,1,5-8H2,2-4H3. The minimum atomic E-state index is -2.45. The van der Waals surface area contributed by atoms with Crippen LogP contribution in [-0.2, 0) is 18.0 Å². The summed E-state index contributed by atoms with van der Waals surface area (Å²) in [4.78, 5) is 0. The molecule has 0 saturated heterocycles. The Morgan fingerprint density at radius 3 is 2.13 bits per heavy atom. The van der Waals surface area contributed by atoms with Gasteiger partial charge in [0.1, 0.15) is 0 Å². The molecular formula is C9H21O5Si. The van der Waals surface area contributed by atoms with Crippen LogP contribution in [0.5, 0.6) is 0 Å². The largest absolute Gasteiger partial charge is 0.500 e. The minimum absolute atomic E-state index is 0.251. The molecule has 1 atom stereocenters. The van der Waals surface area contributed by atoms with Crippen molar-refractivity contribution < 1.29 is 23.1 Å². The van der Waals surface area contributed by atoms with Crippen LogP contribution in [0.15, 0.2) is 0 Å². The predicted molar refractivity (Wildman–Crippen MR) is 58.4 cm³/mol. The van der Waals surface area contributed by atoms with E-state index in [0.717, 1.165) is 6.42 Å². The molecule has 6 heteroatoms. The fraction of sp³-hybridized carbons (Fsp3) is 0.889. The summed E-state index contributed by atoms with van der Waals surface area (Å²) in [6.07, 6.45) is 0.105. The number of hydrogen-bond acceptors (Lipinski definition) is 5. The normalized spacial score (nSPS) is 14.2. The lowest BCUT2D eigenvalue weighted by Gasteiger charge is -2.24. The van der Waals surface area contributed by atoms with E-state index in [2.05, 4.69) is 6.92 Å². The van der Waals surface area contributed by atoms with Crippen LogP contribution in [0.4, 0.5) is 0 Å². The van der Waals surface area contributed by atoms with Gasteiger partial charge in [0.05, 0.1) is 12.7 Å². The van der Waals surface area contributed by atoms with Gasteiger partial charge in [0.15, 0.2) is 0 Å². The lowest BCUT2D eigenvalue weighted by Crippen LogP contribution is -2.42. The smallest absolute Gasteiger partial charge is 0.391 e. The van der Waals surface area contributed by atoms with Gasteiger partial charge in [-0.25, -0.2) is 0 Å². The Morgan fingerprint density at radius 2 is 1.73 bits per heavy atom. The molecule has 1 N–H and O–H groups in total. The molecule has 0 heterocycles. The molecule has 5 nitrogen and oxygen atoms in total. The molecule has 1 unspecified atom stereocenters. The number of aliphatic hydroxyl groups is 1. The van der Waals surface area contributed by atoms with E-state index in [-0.39, 0.29) is 6.61 Å². The maximum atomic E-state index is 8.85. The lowest BCUT2D eigenvalue weighted by atomic mass is 10.4. The summed E-state index contributed by atoms with van der Waals surface area (Å²) in [5.41, 5.74) is 0. The first-order valence-electron chi connectivity index (χ1n) is 4.84. The monoisotopic (exact) mass is 237 g/mol. The highest BCUT2D eigenvalue weighted by atomic mass is 28.4. The van der Waals surface area contributed by atoms with Crippen LogP contribution >= 0.6 is 0 Å². The summed E-state index contributed by atoms with van der Waals surface area (Å²) >= 11 is 0. The predicted octanol–water partition coefficient (Wildman–Crippen LogP) is 0.466. The third-order valence-electron chi connectivity index (χ3n) is 2.01. The molecule has 0 aromatic heterocycles. The Labute approximate surface area is 92.7 Å². The van der Waals surface area contributed by atoms with Crippen molar-refractivity contribution in [1.82, 2.24) is 0 Å².